The van der Waals surface area contributed by atoms with E-state index in [0.29, 0.717) is 0 Å². The van der Waals surface area contributed by atoms with E-state index in [4.69, 9.17) is 9.05 Å². The molecule has 7 nitrogen and oxygen atoms in total. The highest BCUT2D eigenvalue weighted by molar-refractivity contribution is 7.33. The lowest BCUT2D eigenvalue weighted by Crippen LogP contribution is -2.23. The van der Waals surface area contributed by atoms with Crippen molar-refractivity contribution >= 4 is 20.1 Å². The predicted molar refractivity (Wildman–Crippen MR) is 107 cm³/mol. The fourth-order valence-electron chi connectivity index (χ4n) is 3.28. The number of nitrogens with zero attached hydrogens (tertiary/aromatic N) is 2. The van der Waals surface area contributed by atoms with Crippen LogP contribution in [0, 0.1) is 0 Å². The summed E-state index contributed by atoms with van der Waals surface area (Å²) in [6, 6.07) is 0. The minimum absolute atomic E-state index is 0.00589. The molecule has 28 heavy (non-hydrogen) atoms. The number of carbonyl (C=O) groups excluding carboxylic acids is 2. The number of likely N-dealkylation sites (N-methyl/N-ethyl adjacent to an activating group) is 2. The molecular formula is C20H28N2O5P+. The van der Waals surface area contributed by atoms with Gasteiger partial charge < -0.3 is 9.80 Å². The molecule has 0 heterocycles. The number of hydrogen-bond donors (Lipinski definition) is 0. The number of hydrogen-bond acceptors (Lipinski definition) is 5. The standard InChI is InChI=1S/C20H28N2O5P/c1-21(2)19(23)17-9-5-7-15(17)11-13-26-28(25)27-14-12-16-8-6-10-18(16)20(24)22(3)4/h11-14H,5-10H2,1-4H3/q+1/b13-11+,14-12+. The summed E-state index contributed by atoms with van der Waals surface area (Å²) in [6.45, 7) is 0. The van der Waals surface area contributed by atoms with Crippen molar-refractivity contribution in [1.29, 1.82) is 0 Å². The van der Waals surface area contributed by atoms with Crippen LogP contribution < -0.4 is 0 Å². The van der Waals surface area contributed by atoms with Crippen LogP contribution >= 0.6 is 8.25 Å². The Morgan fingerprint density at radius 3 is 1.54 bits per heavy atom. The van der Waals surface area contributed by atoms with E-state index >= 15 is 0 Å². The van der Waals surface area contributed by atoms with Crippen molar-refractivity contribution in [2.24, 2.45) is 0 Å². The first-order valence-electron chi connectivity index (χ1n) is 9.32. The fraction of sp³-hybridized carbons (Fsp3) is 0.500. The SMILES string of the molecule is CN(C)C(=O)C1=C(/C=C/O[P+](=O)O/C=C/C2=C(C(=O)N(C)C)CCC2)CCC1. The Kier molecular flexibility index (Phi) is 8.00. The molecule has 0 saturated heterocycles. The first-order valence-corrected chi connectivity index (χ1v) is 10.4. The molecule has 0 saturated carbocycles. The molecule has 0 N–H and O–H groups in total. The summed E-state index contributed by atoms with van der Waals surface area (Å²) in [5, 5.41) is 0. The summed E-state index contributed by atoms with van der Waals surface area (Å²) < 4.78 is 22.0. The molecule has 152 valence electrons. The smallest absolute Gasteiger partial charge is 0.345 e. The predicted octanol–water partition coefficient (Wildman–Crippen LogP) is 3.84. The van der Waals surface area contributed by atoms with Crippen molar-refractivity contribution in [3.05, 3.63) is 47.0 Å². The maximum Gasteiger partial charge on any atom is 0.804 e. The zero-order chi connectivity index (χ0) is 20.7. The van der Waals surface area contributed by atoms with E-state index in [1.54, 1.807) is 50.1 Å². The molecule has 8 heteroatoms. The molecule has 2 aliphatic carbocycles. The van der Waals surface area contributed by atoms with Crippen LogP contribution in [0.1, 0.15) is 38.5 Å². The topological polar surface area (TPSA) is 76.1 Å². The van der Waals surface area contributed by atoms with E-state index in [0.717, 1.165) is 60.8 Å². The van der Waals surface area contributed by atoms with Gasteiger partial charge in [-0.3, -0.25) is 9.59 Å². The zero-order valence-corrected chi connectivity index (χ0v) is 17.8. The zero-order valence-electron chi connectivity index (χ0n) is 16.9. The number of rotatable bonds is 8. The van der Waals surface area contributed by atoms with Crippen molar-refractivity contribution in [2.45, 2.75) is 38.5 Å². The monoisotopic (exact) mass is 407 g/mol. The molecule has 0 aromatic rings. The summed E-state index contributed by atoms with van der Waals surface area (Å²) in [5.74, 6) is -0.0118. The van der Waals surface area contributed by atoms with Gasteiger partial charge in [0.15, 0.2) is 12.5 Å². The summed E-state index contributed by atoms with van der Waals surface area (Å²) >= 11 is 0. The lowest BCUT2D eigenvalue weighted by Gasteiger charge is -2.11. The maximum absolute atomic E-state index is 12.1. The first-order chi connectivity index (χ1) is 13.3. The van der Waals surface area contributed by atoms with Crippen LogP contribution in [0.4, 0.5) is 0 Å². The molecule has 0 radical (unpaired) electrons. The van der Waals surface area contributed by atoms with Gasteiger partial charge in [-0.05, 0) is 61.8 Å². The second-order valence-corrected chi connectivity index (χ2v) is 8.02. The number of carbonyl (C=O) groups is 2. The van der Waals surface area contributed by atoms with Gasteiger partial charge in [0.25, 0.3) is 0 Å². The Hall–Kier alpha value is -2.40. The van der Waals surface area contributed by atoms with E-state index in [-0.39, 0.29) is 11.8 Å². The van der Waals surface area contributed by atoms with Crippen molar-refractivity contribution in [3.8, 4) is 0 Å². The van der Waals surface area contributed by atoms with E-state index in [2.05, 4.69) is 0 Å². The number of allylic oxidation sites excluding steroid dienone is 4. The van der Waals surface area contributed by atoms with E-state index < -0.39 is 8.25 Å². The maximum atomic E-state index is 12.1. The fourth-order valence-corrected chi connectivity index (χ4v) is 3.65. The lowest BCUT2D eigenvalue weighted by molar-refractivity contribution is -0.125. The average Bonchev–Trinajstić information content (AvgIpc) is 3.29. The normalized spacial score (nSPS) is 17.0. The van der Waals surface area contributed by atoms with Crippen LogP contribution in [0.25, 0.3) is 0 Å². The second-order valence-electron chi connectivity index (χ2n) is 7.15. The van der Waals surface area contributed by atoms with E-state index in [1.165, 1.54) is 12.5 Å². The molecule has 0 spiro atoms. The van der Waals surface area contributed by atoms with Gasteiger partial charge in [0.1, 0.15) is 0 Å². The van der Waals surface area contributed by atoms with Gasteiger partial charge in [-0.25, -0.2) is 9.05 Å². The lowest BCUT2D eigenvalue weighted by atomic mass is 10.1. The van der Waals surface area contributed by atoms with Gasteiger partial charge in [-0.15, -0.1) is 0 Å². The van der Waals surface area contributed by atoms with Crippen LogP contribution in [0.3, 0.4) is 0 Å². The van der Waals surface area contributed by atoms with Crippen molar-refractivity contribution < 1.29 is 23.2 Å². The summed E-state index contributed by atoms with van der Waals surface area (Å²) in [4.78, 5) is 27.3. The molecule has 0 aliphatic heterocycles. The molecule has 0 atom stereocenters. The molecular weight excluding hydrogens is 379 g/mol. The highest BCUT2D eigenvalue weighted by atomic mass is 31.1. The van der Waals surface area contributed by atoms with E-state index in [9.17, 15) is 14.2 Å². The number of amides is 2. The van der Waals surface area contributed by atoms with Crippen molar-refractivity contribution in [3.63, 3.8) is 0 Å². The molecule has 2 amide bonds. The van der Waals surface area contributed by atoms with Crippen molar-refractivity contribution in [2.75, 3.05) is 28.2 Å². The summed E-state index contributed by atoms with van der Waals surface area (Å²) in [6.07, 6.45) is 10.9. The Balaban J connectivity index is 1.89. The van der Waals surface area contributed by atoms with Gasteiger partial charge in [0.05, 0.1) is 0 Å². The Labute approximate surface area is 167 Å². The largest absolute Gasteiger partial charge is 0.804 e. The van der Waals surface area contributed by atoms with Gasteiger partial charge in [0, 0.05) is 43.9 Å². The van der Waals surface area contributed by atoms with E-state index in [1.807, 2.05) is 0 Å². The molecule has 0 bridgehead atoms. The first kappa shape index (κ1) is 21.9. The van der Waals surface area contributed by atoms with Gasteiger partial charge in [-0.2, -0.15) is 0 Å². The molecule has 2 aliphatic rings. The van der Waals surface area contributed by atoms with Crippen molar-refractivity contribution in [1.82, 2.24) is 9.80 Å². The quantitative estimate of drug-likeness (QED) is 0.451. The minimum Gasteiger partial charge on any atom is -0.345 e. The van der Waals surface area contributed by atoms with Crippen LogP contribution in [0.15, 0.2) is 47.0 Å². The molecule has 0 fully saturated rings. The molecule has 0 aromatic heterocycles. The average molecular weight is 407 g/mol. The van der Waals surface area contributed by atoms with Gasteiger partial charge in [-0.1, -0.05) is 0 Å². The third kappa shape index (κ3) is 5.80. The molecule has 0 aromatic carbocycles. The molecule has 2 rings (SSSR count). The van der Waals surface area contributed by atoms with Crippen LogP contribution in [0.5, 0.6) is 0 Å². The van der Waals surface area contributed by atoms with Gasteiger partial charge in [0.2, 0.25) is 11.8 Å². The third-order valence-electron chi connectivity index (χ3n) is 4.68. The van der Waals surface area contributed by atoms with Gasteiger partial charge >= 0.3 is 8.25 Å². The second kappa shape index (κ2) is 10.2. The highest BCUT2D eigenvalue weighted by Crippen LogP contribution is 2.31. The molecule has 0 unspecified atom stereocenters. The Morgan fingerprint density at radius 1 is 0.786 bits per heavy atom. The Morgan fingerprint density at radius 2 is 1.18 bits per heavy atom. The Bertz CT molecular complexity index is 701. The highest BCUT2D eigenvalue weighted by Gasteiger charge is 2.23. The summed E-state index contributed by atoms with van der Waals surface area (Å²) in [5.41, 5.74) is 3.35. The van der Waals surface area contributed by atoms with Crippen LogP contribution in [0.2, 0.25) is 0 Å². The van der Waals surface area contributed by atoms with Crippen LogP contribution in [-0.2, 0) is 23.2 Å². The minimum atomic E-state index is -2.36. The third-order valence-corrected chi connectivity index (χ3v) is 5.27. The summed E-state index contributed by atoms with van der Waals surface area (Å²) in [7, 11) is 4.52. The van der Waals surface area contributed by atoms with Crippen LogP contribution in [-0.4, -0.2) is 49.8 Å².